The lowest BCUT2D eigenvalue weighted by molar-refractivity contribution is -0.120. The minimum Gasteiger partial charge on any atom is -0.352 e. The largest absolute Gasteiger partial charge is 0.352 e. The van der Waals surface area contributed by atoms with Gasteiger partial charge >= 0.3 is 0 Å². The van der Waals surface area contributed by atoms with Crippen molar-refractivity contribution in [2.45, 2.75) is 39.3 Å². The Morgan fingerprint density at radius 1 is 1.38 bits per heavy atom. The fraction of sp³-hybridized carbons (Fsp3) is 0.500. The van der Waals surface area contributed by atoms with Crippen LogP contribution in [-0.2, 0) is 24.3 Å². The summed E-state index contributed by atoms with van der Waals surface area (Å²) in [6.45, 7) is 5.58. The third-order valence-electron chi connectivity index (χ3n) is 4.26. The maximum absolute atomic E-state index is 12.0. The second-order valence-electron chi connectivity index (χ2n) is 6.53. The Morgan fingerprint density at radius 2 is 2.21 bits per heavy atom. The molecule has 0 bridgehead atoms. The second kappa shape index (κ2) is 8.06. The Hall–Kier alpha value is -2.21. The van der Waals surface area contributed by atoms with E-state index in [-0.39, 0.29) is 12.3 Å². The van der Waals surface area contributed by atoms with Crippen LogP contribution in [0.25, 0.3) is 0 Å². The molecule has 2 heterocycles. The van der Waals surface area contributed by atoms with Crippen LogP contribution in [0.2, 0.25) is 0 Å². The molecule has 0 aliphatic carbocycles. The summed E-state index contributed by atoms with van der Waals surface area (Å²) >= 11 is 0. The second-order valence-corrected chi connectivity index (χ2v) is 6.53. The van der Waals surface area contributed by atoms with Gasteiger partial charge in [0.05, 0.1) is 13.0 Å². The first-order chi connectivity index (χ1) is 11.7. The molecule has 1 saturated heterocycles. The first-order valence-corrected chi connectivity index (χ1v) is 8.53. The van der Waals surface area contributed by atoms with Gasteiger partial charge in [0.2, 0.25) is 11.8 Å². The molecule has 128 valence electrons. The molecule has 1 atom stereocenters. The third kappa shape index (κ3) is 4.89. The van der Waals surface area contributed by atoms with Crippen LogP contribution in [0, 0.1) is 5.92 Å². The van der Waals surface area contributed by atoms with Gasteiger partial charge in [-0.2, -0.15) is 4.98 Å². The van der Waals surface area contributed by atoms with Crippen molar-refractivity contribution in [2.24, 2.45) is 5.92 Å². The van der Waals surface area contributed by atoms with Gasteiger partial charge in [0, 0.05) is 13.1 Å². The number of hydrogen-bond acceptors (Lipinski definition) is 5. The summed E-state index contributed by atoms with van der Waals surface area (Å²) < 4.78 is 5.28. The summed E-state index contributed by atoms with van der Waals surface area (Å²) in [4.78, 5) is 18.7. The highest BCUT2D eigenvalue weighted by molar-refractivity contribution is 5.77. The standard InChI is InChI=1S/C18H24N4O2/c1-14-6-5-9-22(12-14)13-18-20-16(21-24-18)10-17(23)19-11-15-7-3-2-4-8-15/h2-4,7-8,14H,5-6,9-13H2,1H3,(H,19,23). The van der Waals surface area contributed by atoms with Crippen LogP contribution in [0.15, 0.2) is 34.9 Å². The monoisotopic (exact) mass is 328 g/mol. The maximum Gasteiger partial charge on any atom is 0.240 e. The van der Waals surface area contributed by atoms with E-state index >= 15 is 0 Å². The predicted molar refractivity (Wildman–Crippen MR) is 90.0 cm³/mol. The van der Waals surface area contributed by atoms with Gasteiger partial charge in [-0.15, -0.1) is 0 Å². The Balaban J connectivity index is 1.46. The topological polar surface area (TPSA) is 71.3 Å². The van der Waals surface area contributed by atoms with E-state index in [1.807, 2.05) is 30.3 Å². The zero-order valence-electron chi connectivity index (χ0n) is 14.1. The molecule has 1 N–H and O–H groups in total. The van der Waals surface area contributed by atoms with Crippen LogP contribution in [0.5, 0.6) is 0 Å². The van der Waals surface area contributed by atoms with E-state index in [0.29, 0.717) is 30.7 Å². The number of rotatable bonds is 6. The fourth-order valence-corrected chi connectivity index (χ4v) is 3.05. The van der Waals surface area contributed by atoms with E-state index in [2.05, 4.69) is 27.3 Å². The van der Waals surface area contributed by atoms with Crippen LogP contribution in [0.1, 0.15) is 37.0 Å². The minimum absolute atomic E-state index is 0.0993. The normalized spacial score (nSPS) is 18.5. The number of likely N-dealkylation sites (tertiary alicyclic amines) is 1. The van der Waals surface area contributed by atoms with Crippen LogP contribution in [-0.4, -0.2) is 34.0 Å². The number of hydrogen-bond donors (Lipinski definition) is 1. The molecule has 0 saturated carbocycles. The molecule has 24 heavy (non-hydrogen) atoms. The number of nitrogens with one attached hydrogen (secondary N) is 1. The summed E-state index contributed by atoms with van der Waals surface area (Å²) in [5.74, 6) is 1.65. The average molecular weight is 328 g/mol. The smallest absolute Gasteiger partial charge is 0.240 e. The van der Waals surface area contributed by atoms with E-state index in [1.165, 1.54) is 12.8 Å². The Labute approximate surface area is 142 Å². The lowest BCUT2D eigenvalue weighted by atomic mass is 10.0. The minimum atomic E-state index is -0.0993. The van der Waals surface area contributed by atoms with Crippen molar-refractivity contribution in [3.8, 4) is 0 Å². The maximum atomic E-state index is 12.0. The number of benzene rings is 1. The first kappa shape index (κ1) is 16.6. The third-order valence-corrected chi connectivity index (χ3v) is 4.26. The molecule has 1 aliphatic heterocycles. The highest BCUT2D eigenvalue weighted by atomic mass is 16.5. The van der Waals surface area contributed by atoms with Gasteiger partial charge < -0.3 is 9.84 Å². The van der Waals surface area contributed by atoms with Crippen molar-refractivity contribution in [1.29, 1.82) is 0 Å². The highest BCUT2D eigenvalue weighted by Gasteiger charge is 2.19. The first-order valence-electron chi connectivity index (χ1n) is 8.53. The van der Waals surface area contributed by atoms with E-state index in [1.54, 1.807) is 0 Å². The van der Waals surface area contributed by atoms with Gasteiger partial charge in [-0.3, -0.25) is 9.69 Å². The number of piperidine rings is 1. The number of nitrogens with zero attached hydrogens (tertiary/aromatic N) is 3. The lowest BCUT2D eigenvalue weighted by Gasteiger charge is -2.29. The summed E-state index contributed by atoms with van der Waals surface area (Å²) in [7, 11) is 0. The SMILES string of the molecule is CC1CCCN(Cc2nc(CC(=O)NCc3ccccc3)no2)C1. The van der Waals surface area contributed by atoms with Crippen molar-refractivity contribution < 1.29 is 9.32 Å². The van der Waals surface area contributed by atoms with Gasteiger partial charge in [-0.25, -0.2) is 0 Å². The molecule has 0 radical (unpaired) electrons. The van der Waals surface area contributed by atoms with Gasteiger partial charge in [0.1, 0.15) is 0 Å². The van der Waals surface area contributed by atoms with E-state index < -0.39 is 0 Å². The molecule has 1 fully saturated rings. The molecule has 1 aromatic carbocycles. The van der Waals surface area contributed by atoms with Gasteiger partial charge in [0.25, 0.3) is 0 Å². The lowest BCUT2D eigenvalue weighted by Crippen LogP contribution is -2.33. The molecule has 1 amide bonds. The van der Waals surface area contributed by atoms with E-state index in [9.17, 15) is 4.79 Å². The summed E-state index contributed by atoms with van der Waals surface area (Å²) in [6.07, 6.45) is 2.64. The molecule has 1 aliphatic rings. The molecule has 0 spiro atoms. The zero-order valence-corrected chi connectivity index (χ0v) is 14.1. The molecule has 2 aromatic rings. The summed E-state index contributed by atoms with van der Waals surface area (Å²) in [5.41, 5.74) is 1.07. The molecule has 3 rings (SSSR count). The van der Waals surface area contributed by atoms with Crippen molar-refractivity contribution in [1.82, 2.24) is 20.4 Å². The van der Waals surface area contributed by atoms with Crippen LogP contribution >= 0.6 is 0 Å². The molecule has 1 unspecified atom stereocenters. The molecular formula is C18H24N4O2. The van der Waals surface area contributed by atoms with E-state index in [4.69, 9.17) is 4.52 Å². The average Bonchev–Trinajstić information content (AvgIpc) is 3.01. The predicted octanol–water partition coefficient (Wildman–Crippen LogP) is 2.16. The summed E-state index contributed by atoms with van der Waals surface area (Å²) in [6, 6.07) is 9.82. The number of aromatic nitrogens is 2. The molecule has 6 nitrogen and oxygen atoms in total. The fourth-order valence-electron chi connectivity index (χ4n) is 3.05. The van der Waals surface area contributed by atoms with E-state index in [0.717, 1.165) is 18.7 Å². The molecule has 1 aromatic heterocycles. The summed E-state index contributed by atoms with van der Waals surface area (Å²) in [5, 5.41) is 6.79. The van der Waals surface area contributed by atoms with Gasteiger partial charge in [-0.05, 0) is 30.9 Å². The van der Waals surface area contributed by atoms with Crippen molar-refractivity contribution in [3.05, 3.63) is 47.6 Å². The molecule has 6 heteroatoms. The quantitative estimate of drug-likeness (QED) is 0.880. The van der Waals surface area contributed by atoms with Crippen LogP contribution in [0.4, 0.5) is 0 Å². The number of amides is 1. The van der Waals surface area contributed by atoms with Crippen LogP contribution in [0.3, 0.4) is 0 Å². The Kier molecular flexibility index (Phi) is 5.59. The van der Waals surface area contributed by atoms with Crippen LogP contribution < -0.4 is 5.32 Å². The Morgan fingerprint density at radius 3 is 3.00 bits per heavy atom. The van der Waals surface area contributed by atoms with Crippen molar-refractivity contribution >= 4 is 5.91 Å². The van der Waals surface area contributed by atoms with Crippen molar-refractivity contribution in [2.75, 3.05) is 13.1 Å². The van der Waals surface area contributed by atoms with Crippen molar-refractivity contribution in [3.63, 3.8) is 0 Å². The highest BCUT2D eigenvalue weighted by Crippen LogP contribution is 2.17. The number of carbonyl (C=O) groups is 1. The van der Waals surface area contributed by atoms with Gasteiger partial charge in [0.15, 0.2) is 5.82 Å². The Bertz CT molecular complexity index is 656. The van der Waals surface area contributed by atoms with Gasteiger partial charge in [-0.1, -0.05) is 42.4 Å². The number of carbonyl (C=O) groups excluding carboxylic acids is 1. The molecular weight excluding hydrogens is 304 g/mol. The zero-order chi connectivity index (χ0) is 16.8.